The van der Waals surface area contributed by atoms with E-state index in [0.29, 0.717) is 5.56 Å². The van der Waals surface area contributed by atoms with E-state index in [0.717, 1.165) is 6.07 Å². The minimum Gasteiger partial charge on any atom is -0.480 e. The molecule has 0 saturated carbocycles. The van der Waals surface area contributed by atoms with E-state index in [4.69, 9.17) is 16.7 Å². The van der Waals surface area contributed by atoms with Gasteiger partial charge < -0.3 is 5.11 Å². The van der Waals surface area contributed by atoms with Crippen molar-refractivity contribution in [3.05, 3.63) is 34.6 Å². The summed E-state index contributed by atoms with van der Waals surface area (Å²) >= 11 is 5.78. The maximum Gasteiger partial charge on any atom is 0.321 e. The molecular weight excluding hydrogens is 267 g/mol. The minimum atomic E-state index is -1.63. The summed E-state index contributed by atoms with van der Waals surface area (Å²) in [5.74, 6) is -1.64. The molecule has 0 aliphatic carbocycles. The lowest BCUT2D eigenvalue weighted by atomic mass is 10.2. The standard InChI is InChI=1S/C11H12ClFO3S/c1-11(2,10(14)15)17(16)6-7-3-4-8(13)5-9(7)12/h3-5H,6H2,1-2H3,(H,14,15). The van der Waals surface area contributed by atoms with Crippen LogP contribution in [0.4, 0.5) is 4.39 Å². The number of carbonyl (C=O) groups is 1. The molecule has 3 nitrogen and oxygen atoms in total. The van der Waals surface area contributed by atoms with Crippen LogP contribution in [0.3, 0.4) is 0 Å². The van der Waals surface area contributed by atoms with Crippen LogP contribution in [0.1, 0.15) is 19.4 Å². The van der Waals surface area contributed by atoms with E-state index >= 15 is 0 Å². The summed E-state index contributed by atoms with van der Waals surface area (Å²) in [6, 6.07) is 3.72. The summed E-state index contributed by atoms with van der Waals surface area (Å²) in [4.78, 5) is 10.9. The van der Waals surface area contributed by atoms with Crippen LogP contribution in [0.2, 0.25) is 5.02 Å². The van der Waals surface area contributed by atoms with E-state index in [-0.39, 0.29) is 10.8 Å². The van der Waals surface area contributed by atoms with Gasteiger partial charge in [0.05, 0.1) is 5.75 Å². The van der Waals surface area contributed by atoms with E-state index < -0.39 is 27.3 Å². The van der Waals surface area contributed by atoms with E-state index in [1.807, 2.05) is 0 Å². The molecule has 0 aromatic heterocycles. The van der Waals surface area contributed by atoms with Gasteiger partial charge in [-0.2, -0.15) is 0 Å². The molecule has 0 amide bonds. The zero-order valence-electron chi connectivity index (χ0n) is 9.37. The number of carboxylic acids is 1. The predicted octanol–water partition coefficient (Wildman–Crippen LogP) is 2.59. The van der Waals surface area contributed by atoms with E-state index in [9.17, 15) is 13.4 Å². The first-order chi connectivity index (χ1) is 7.75. The van der Waals surface area contributed by atoms with E-state index in [1.54, 1.807) is 0 Å². The van der Waals surface area contributed by atoms with Crippen molar-refractivity contribution in [2.75, 3.05) is 0 Å². The Balaban J connectivity index is 2.92. The second kappa shape index (κ2) is 5.14. The zero-order chi connectivity index (χ0) is 13.2. The van der Waals surface area contributed by atoms with Crippen LogP contribution in [0.25, 0.3) is 0 Å². The molecule has 1 atom stereocenters. The highest BCUT2D eigenvalue weighted by atomic mass is 35.5. The van der Waals surface area contributed by atoms with Crippen LogP contribution in [-0.4, -0.2) is 20.0 Å². The quantitative estimate of drug-likeness (QED) is 0.921. The third kappa shape index (κ3) is 3.26. The third-order valence-electron chi connectivity index (χ3n) is 2.39. The molecule has 1 N–H and O–H groups in total. The van der Waals surface area contributed by atoms with Gasteiger partial charge in [-0.3, -0.25) is 9.00 Å². The first-order valence-corrected chi connectivity index (χ1v) is 6.50. The second-order valence-electron chi connectivity index (χ2n) is 4.04. The summed E-state index contributed by atoms with van der Waals surface area (Å²) < 4.78 is 23.3. The highest BCUT2D eigenvalue weighted by Gasteiger charge is 2.34. The molecule has 17 heavy (non-hydrogen) atoms. The molecular formula is C11H12ClFO3S. The van der Waals surface area contributed by atoms with Crippen LogP contribution in [0.15, 0.2) is 18.2 Å². The van der Waals surface area contributed by atoms with Crippen LogP contribution in [0, 0.1) is 5.82 Å². The molecule has 0 bridgehead atoms. The first-order valence-electron chi connectivity index (χ1n) is 4.81. The maximum absolute atomic E-state index is 12.8. The Kier molecular flexibility index (Phi) is 4.27. The molecule has 1 unspecified atom stereocenters. The van der Waals surface area contributed by atoms with Gasteiger partial charge in [0.25, 0.3) is 0 Å². The Labute approximate surface area is 106 Å². The lowest BCUT2D eigenvalue weighted by Crippen LogP contribution is -2.37. The van der Waals surface area contributed by atoms with Crippen molar-refractivity contribution in [2.24, 2.45) is 0 Å². The molecule has 0 heterocycles. The molecule has 1 aromatic carbocycles. The second-order valence-corrected chi connectivity index (χ2v) is 6.45. The smallest absolute Gasteiger partial charge is 0.321 e. The lowest BCUT2D eigenvalue weighted by Gasteiger charge is -2.18. The number of rotatable bonds is 4. The highest BCUT2D eigenvalue weighted by Crippen LogP contribution is 2.23. The number of hydrogen-bond donors (Lipinski definition) is 1. The summed E-state index contributed by atoms with van der Waals surface area (Å²) in [7, 11) is -1.63. The highest BCUT2D eigenvalue weighted by molar-refractivity contribution is 7.86. The van der Waals surface area contributed by atoms with Gasteiger partial charge in [0.15, 0.2) is 0 Å². The summed E-state index contributed by atoms with van der Waals surface area (Å²) in [5.41, 5.74) is 0.473. The van der Waals surface area contributed by atoms with Crippen molar-refractivity contribution in [2.45, 2.75) is 24.3 Å². The molecule has 6 heteroatoms. The maximum atomic E-state index is 12.8. The number of aliphatic carboxylic acids is 1. The van der Waals surface area contributed by atoms with Gasteiger partial charge in [0.1, 0.15) is 10.6 Å². The largest absolute Gasteiger partial charge is 0.480 e. The van der Waals surface area contributed by atoms with E-state index in [1.165, 1.54) is 26.0 Å². The molecule has 0 spiro atoms. The van der Waals surface area contributed by atoms with Crippen molar-refractivity contribution < 1.29 is 18.5 Å². The molecule has 0 aliphatic rings. The fraction of sp³-hybridized carbons (Fsp3) is 0.364. The van der Waals surface area contributed by atoms with Gasteiger partial charge in [-0.15, -0.1) is 0 Å². The fourth-order valence-electron chi connectivity index (χ4n) is 1.06. The predicted molar refractivity (Wildman–Crippen MR) is 65.0 cm³/mol. The minimum absolute atomic E-state index is 0.0155. The van der Waals surface area contributed by atoms with Crippen molar-refractivity contribution in [3.63, 3.8) is 0 Å². The Hall–Kier alpha value is -0.940. The summed E-state index contributed by atoms with van der Waals surface area (Å²) in [6.45, 7) is 2.76. The average Bonchev–Trinajstić information content (AvgIpc) is 2.21. The summed E-state index contributed by atoms with van der Waals surface area (Å²) in [6.07, 6.45) is 0. The Morgan fingerprint density at radius 2 is 2.12 bits per heavy atom. The normalized spacial score (nSPS) is 13.4. The van der Waals surface area contributed by atoms with Crippen molar-refractivity contribution in [1.82, 2.24) is 0 Å². The van der Waals surface area contributed by atoms with Crippen LogP contribution >= 0.6 is 11.6 Å². The molecule has 1 rings (SSSR count). The Morgan fingerprint density at radius 3 is 2.59 bits per heavy atom. The molecule has 94 valence electrons. The Morgan fingerprint density at radius 1 is 1.53 bits per heavy atom. The molecule has 0 saturated heterocycles. The zero-order valence-corrected chi connectivity index (χ0v) is 10.9. The number of carboxylic acid groups (broad SMARTS) is 1. The molecule has 1 aromatic rings. The fourth-order valence-corrected chi connectivity index (χ4v) is 2.46. The topological polar surface area (TPSA) is 54.4 Å². The van der Waals surface area contributed by atoms with Crippen molar-refractivity contribution in [3.8, 4) is 0 Å². The molecule has 0 aliphatic heterocycles. The van der Waals surface area contributed by atoms with Gasteiger partial charge in [0, 0.05) is 15.8 Å². The lowest BCUT2D eigenvalue weighted by molar-refractivity contribution is -0.139. The number of hydrogen-bond acceptors (Lipinski definition) is 2. The van der Waals surface area contributed by atoms with Gasteiger partial charge in [0.2, 0.25) is 0 Å². The average molecular weight is 279 g/mol. The van der Waals surface area contributed by atoms with Crippen molar-refractivity contribution >= 4 is 28.4 Å². The molecule has 0 radical (unpaired) electrons. The van der Waals surface area contributed by atoms with Crippen molar-refractivity contribution in [1.29, 1.82) is 0 Å². The SMILES string of the molecule is CC(C)(C(=O)O)S(=O)Cc1ccc(F)cc1Cl. The number of benzene rings is 1. The van der Waals surface area contributed by atoms with E-state index in [2.05, 4.69) is 0 Å². The van der Waals surface area contributed by atoms with Crippen LogP contribution < -0.4 is 0 Å². The van der Waals surface area contributed by atoms with Gasteiger partial charge >= 0.3 is 5.97 Å². The van der Waals surface area contributed by atoms with Gasteiger partial charge in [-0.25, -0.2) is 4.39 Å². The van der Waals surface area contributed by atoms with Gasteiger partial charge in [-0.1, -0.05) is 17.7 Å². The third-order valence-corrected chi connectivity index (χ3v) is 4.62. The number of halogens is 2. The molecule has 0 fully saturated rings. The van der Waals surface area contributed by atoms with Crippen LogP contribution in [-0.2, 0) is 21.3 Å². The monoisotopic (exact) mass is 278 g/mol. The Bertz CT molecular complexity index is 474. The van der Waals surface area contributed by atoms with Crippen LogP contribution in [0.5, 0.6) is 0 Å². The first kappa shape index (κ1) is 14.1. The van der Waals surface area contributed by atoms with Gasteiger partial charge in [-0.05, 0) is 31.5 Å². The summed E-state index contributed by atoms with van der Waals surface area (Å²) in [5, 5.41) is 9.07.